The molecule has 0 spiro atoms. The standard InChI is InChI=1S/C43H49N5O5Si/c1-42(2,3)54(6,7)53-28-14-27-48-37(46-38-39(44-30-45-40(38)48)47-41(49)31-15-10-8-11-16-31)29-52-43(32-17-12-9-13-18-32,33-19-23-35(50-4)24-20-33)34-21-25-36(51-5)26-22-34/h8-13,15-26,30H,14,27-29H2,1-7H3,(H,44,45,47,49). The zero-order valence-corrected chi connectivity index (χ0v) is 33.1. The van der Waals surface area contributed by atoms with E-state index in [4.69, 9.17) is 23.6 Å². The highest BCUT2D eigenvalue weighted by atomic mass is 28.4. The first-order chi connectivity index (χ1) is 26.0. The van der Waals surface area contributed by atoms with Gasteiger partial charge < -0.3 is 28.5 Å². The van der Waals surface area contributed by atoms with Crippen LogP contribution >= 0.6 is 0 Å². The second kappa shape index (κ2) is 16.3. The number of nitrogens with zero attached hydrogens (tertiary/aromatic N) is 4. The number of imidazole rings is 1. The molecular formula is C43H49N5O5Si. The molecule has 280 valence electrons. The molecule has 0 atom stereocenters. The summed E-state index contributed by atoms with van der Waals surface area (Å²) in [6.07, 6.45) is 2.18. The van der Waals surface area contributed by atoms with E-state index in [-0.39, 0.29) is 17.6 Å². The number of aromatic nitrogens is 4. The Bertz CT molecular complexity index is 2100. The van der Waals surface area contributed by atoms with Crippen LogP contribution in [0.2, 0.25) is 18.1 Å². The van der Waals surface area contributed by atoms with Gasteiger partial charge in [0, 0.05) is 18.7 Å². The summed E-state index contributed by atoms with van der Waals surface area (Å²) in [6, 6.07) is 35.1. The van der Waals surface area contributed by atoms with Crippen LogP contribution < -0.4 is 14.8 Å². The number of nitrogens with one attached hydrogen (secondary N) is 1. The van der Waals surface area contributed by atoms with Crippen molar-refractivity contribution in [1.29, 1.82) is 0 Å². The molecule has 2 aromatic heterocycles. The van der Waals surface area contributed by atoms with E-state index in [1.54, 1.807) is 26.4 Å². The fourth-order valence-corrected chi connectivity index (χ4v) is 7.29. The number of rotatable bonds is 15. The molecule has 0 aliphatic carbocycles. The van der Waals surface area contributed by atoms with E-state index < -0.39 is 13.9 Å². The zero-order chi connectivity index (χ0) is 38.3. The first kappa shape index (κ1) is 38.4. The van der Waals surface area contributed by atoms with Crippen molar-refractivity contribution in [3.05, 3.63) is 144 Å². The molecule has 6 aromatic rings. The van der Waals surface area contributed by atoms with Crippen LogP contribution in [0.4, 0.5) is 5.82 Å². The van der Waals surface area contributed by atoms with E-state index in [0.717, 1.165) is 34.6 Å². The number of fused-ring (bicyclic) bond motifs is 1. The van der Waals surface area contributed by atoms with E-state index >= 15 is 0 Å². The van der Waals surface area contributed by atoms with Crippen LogP contribution in [-0.4, -0.2) is 54.6 Å². The number of carbonyl (C=O) groups is 1. The highest BCUT2D eigenvalue weighted by molar-refractivity contribution is 6.74. The van der Waals surface area contributed by atoms with Crippen LogP contribution in [0.25, 0.3) is 11.2 Å². The minimum absolute atomic E-state index is 0.0937. The molecule has 6 rings (SSSR count). The number of anilines is 1. The predicted octanol–water partition coefficient (Wildman–Crippen LogP) is 9.02. The zero-order valence-electron chi connectivity index (χ0n) is 32.1. The Morgan fingerprint density at radius 1 is 0.759 bits per heavy atom. The molecule has 0 aliphatic rings. The molecule has 10 nitrogen and oxygen atoms in total. The third kappa shape index (κ3) is 8.08. The number of hydrogen-bond acceptors (Lipinski definition) is 8. The number of ether oxygens (including phenoxy) is 3. The summed E-state index contributed by atoms with van der Waals surface area (Å²) in [5.41, 5.74) is 3.26. The van der Waals surface area contributed by atoms with Gasteiger partial charge in [-0.15, -0.1) is 0 Å². The van der Waals surface area contributed by atoms with Crippen molar-refractivity contribution < 1.29 is 23.4 Å². The largest absolute Gasteiger partial charge is 0.497 e. The van der Waals surface area contributed by atoms with Gasteiger partial charge in [0.1, 0.15) is 35.9 Å². The summed E-state index contributed by atoms with van der Waals surface area (Å²) in [5.74, 6) is 2.15. The van der Waals surface area contributed by atoms with Crippen molar-refractivity contribution in [3.63, 3.8) is 0 Å². The lowest BCUT2D eigenvalue weighted by atomic mass is 9.80. The van der Waals surface area contributed by atoms with Gasteiger partial charge in [-0.2, -0.15) is 0 Å². The highest BCUT2D eigenvalue weighted by Gasteiger charge is 2.39. The highest BCUT2D eigenvalue weighted by Crippen LogP contribution is 2.42. The Labute approximate surface area is 318 Å². The van der Waals surface area contributed by atoms with Crippen LogP contribution in [0.3, 0.4) is 0 Å². The molecule has 0 unspecified atom stereocenters. The van der Waals surface area contributed by atoms with Crippen LogP contribution in [0.5, 0.6) is 11.5 Å². The number of amides is 1. The number of methoxy groups -OCH3 is 2. The van der Waals surface area contributed by atoms with E-state index in [9.17, 15) is 4.79 Å². The lowest BCUT2D eigenvalue weighted by Gasteiger charge is -2.36. The Morgan fingerprint density at radius 2 is 1.31 bits per heavy atom. The Balaban J connectivity index is 1.44. The molecule has 0 saturated carbocycles. The van der Waals surface area contributed by atoms with Gasteiger partial charge in [-0.25, -0.2) is 15.0 Å². The summed E-state index contributed by atoms with van der Waals surface area (Å²) in [7, 11) is 1.35. The van der Waals surface area contributed by atoms with Crippen LogP contribution in [0, 0.1) is 0 Å². The second-order valence-corrected chi connectivity index (χ2v) is 19.5. The molecule has 54 heavy (non-hydrogen) atoms. The quantitative estimate of drug-likeness (QED) is 0.0631. The summed E-state index contributed by atoms with van der Waals surface area (Å²) in [5, 5.41) is 3.06. The van der Waals surface area contributed by atoms with E-state index in [0.29, 0.717) is 41.5 Å². The van der Waals surface area contributed by atoms with Gasteiger partial charge in [0.15, 0.2) is 25.3 Å². The minimum atomic E-state index is -1.96. The number of aryl methyl sites for hydroxylation is 1. The maximum atomic E-state index is 13.3. The summed E-state index contributed by atoms with van der Waals surface area (Å²) in [6.45, 7) is 12.5. The molecule has 0 fully saturated rings. The van der Waals surface area contributed by atoms with Crippen molar-refractivity contribution in [3.8, 4) is 11.5 Å². The Morgan fingerprint density at radius 3 is 1.87 bits per heavy atom. The molecule has 1 amide bonds. The molecule has 4 aromatic carbocycles. The summed E-state index contributed by atoms with van der Waals surface area (Å²) < 4.78 is 26.9. The average Bonchev–Trinajstić information content (AvgIpc) is 3.55. The third-order valence-electron chi connectivity index (χ3n) is 10.3. The van der Waals surface area contributed by atoms with Crippen molar-refractivity contribution in [2.75, 3.05) is 26.1 Å². The predicted molar refractivity (Wildman–Crippen MR) is 215 cm³/mol. The van der Waals surface area contributed by atoms with Crippen LogP contribution in [0.15, 0.2) is 116 Å². The number of carbonyl (C=O) groups excluding carboxylic acids is 1. The molecule has 11 heteroatoms. The second-order valence-electron chi connectivity index (χ2n) is 14.6. The number of hydrogen-bond donors (Lipinski definition) is 1. The van der Waals surface area contributed by atoms with E-state index in [1.807, 2.05) is 84.9 Å². The van der Waals surface area contributed by atoms with Crippen LogP contribution in [0.1, 0.15) is 60.1 Å². The van der Waals surface area contributed by atoms with Gasteiger partial charge in [-0.05, 0) is 77.6 Å². The minimum Gasteiger partial charge on any atom is -0.497 e. The summed E-state index contributed by atoms with van der Waals surface area (Å²) >= 11 is 0. The Kier molecular flexibility index (Phi) is 11.6. The maximum Gasteiger partial charge on any atom is 0.256 e. The average molecular weight is 744 g/mol. The van der Waals surface area contributed by atoms with Crippen molar-refractivity contribution in [1.82, 2.24) is 19.5 Å². The fourth-order valence-electron chi connectivity index (χ4n) is 6.20. The monoisotopic (exact) mass is 743 g/mol. The SMILES string of the molecule is COc1ccc(C(OCc2nc3c(NC(=O)c4ccccc4)ncnc3n2CCCO[Si](C)(C)C(C)(C)C)(c2ccccc2)c2ccc(OC)cc2)cc1. The van der Waals surface area contributed by atoms with E-state index in [1.165, 1.54) is 6.33 Å². The van der Waals surface area contributed by atoms with Gasteiger partial charge in [-0.3, -0.25) is 4.79 Å². The summed E-state index contributed by atoms with van der Waals surface area (Å²) in [4.78, 5) is 27.5. The van der Waals surface area contributed by atoms with Gasteiger partial charge in [-0.1, -0.05) is 93.6 Å². The van der Waals surface area contributed by atoms with Gasteiger partial charge >= 0.3 is 0 Å². The lowest BCUT2D eigenvalue weighted by molar-refractivity contribution is -0.00445. The maximum absolute atomic E-state index is 13.3. The topological polar surface area (TPSA) is 110 Å². The fraction of sp³-hybridized carbons (Fsp3) is 0.302. The molecular weight excluding hydrogens is 695 g/mol. The Hall–Kier alpha value is -5.36. The van der Waals surface area contributed by atoms with Gasteiger partial charge in [0.05, 0.1) is 14.2 Å². The van der Waals surface area contributed by atoms with Crippen LogP contribution in [-0.2, 0) is 27.9 Å². The molecule has 0 aliphatic heterocycles. The van der Waals surface area contributed by atoms with Gasteiger partial charge in [0.2, 0.25) is 0 Å². The van der Waals surface area contributed by atoms with E-state index in [2.05, 4.69) is 65.8 Å². The number of benzene rings is 4. The molecule has 1 N–H and O–H groups in total. The van der Waals surface area contributed by atoms with Crippen molar-refractivity contribution in [2.24, 2.45) is 0 Å². The first-order valence-corrected chi connectivity index (χ1v) is 21.1. The van der Waals surface area contributed by atoms with Crippen molar-refractivity contribution in [2.45, 2.75) is 64.1 Å². The normalized spacial score (nSPS) is 12.1. The third-order valence-corrected chi connectivity index (χ3v) is 14.8. The smallest absolute Gasteiger partial charge is 0.256 e. The van der Waals surface area contributed by atoms with Gasteiger partial charge in [0.25, 0.3) is 5.91 Å². The molecule has 2 heterocycles. The molecule has 0 saturated heterocycles. The van der Waals surface area contributed by atoms with Crippen molar-refractivity contribution >= 4 is 31.2 Å². The molecule has 0 radical (unpaired) electrons. The molecule has 0 bridgehead atoms. The lowest BCUT2D eigenvalue weighted by Crippen LogP contribution is -2.41. The first-order valence-electron chi connectivity index (χ1n) is 18.2.